The summed E-state index contributed by atoms with van der Waals surface area (Å²) in [4.78, 5) is 16.8. The van der Waals surface area contributed by atoms with Gasteiger partial charge in [0.2, 0.25) is 5.75 Å². The van der Waals surface area contributed by atoms with E-state index in [0.717, 1.165) is 22.4 Å². The van der Waals surface area contributed by atoms with Crippen molar-refractivity contribution in [2.75, 3.05) is 26.6 Å². The van der Waals surface area contributed by atoms with Crippen molar-refractivity contribution in [1.29, 1.82) is 0 Å². The number of aromatic nitrogens is 2. The molecule has 0 bridgehead atoms. The SMILES string of the molecule is COc1cc(NC(=O)NCc2ccc3c(c2)nc(C)n3C)cc(OC)c1OC. The number of nitrogens with one attached hydrogen (secondary N) is 2. The Kier molecular flexibility index (Phi) is 5.58. The number of hydrogen-bond donors (Lipinski definition) is 2. The molecule has 3 rings (SSSR count). The summed E-state index contributed by atoms with van der Waals surface area (Å²) in [7, 11) is 6.56. The van der Waals surface area contributed by atoms with E-state index in [2.05, 4.69) is 15.6 Å². The minimum Gasteiger partial charge on any atom is -0.493 e. The monoisotopic (exact) mass is 384 g/mol. The van der Waals surface area contributed by atoms with Gasteiger partial charge in [0.1, 0.15) is 5.82 Å². The summed E-state index contributed by atoms with van der Waals surface area (Å²) in [6.45, 7) is 2.34. The molecule has 148 valence electrons. The third kappa shape index (κ3) is 3.80. The van der Waals surface area contributed by atoms with Gasteiger partial charge in [-0.1, -0.05) is 6.07 Å². The van der Waals surface area contributed by atoms with Crippen LogP contribution in [0.25, 0.3) is 11.0 Å². The third-order valence-corrected chi connectivity index (χ3v) is 4.54. The molecule has 0 saturated carbocycles. The van der Waals surface area contributed by atoms with Crippen LogP contribution >= 0.6 is 0 Å². The number of amides is 2. The van der Waals surface area contributed by atoms with E-state index in [-0.39, 0.29) is 6.03 Å². The van der Waals surface area contributed by atoms with E-state index in [1.54, 1.807) is 12.1 Å². The molecule has 0 unspecified atom stereocenters. The number of ether oxygens (including phenoxy) is 3. The fraction of sp³-hybridized carbons (Fsp3) is 0.300. The number of carbonyl (C=O) groups is 1. The van der Waals surface area contributed by atoms with E-state index in [1.165, 1.54) is 21.3 Å². The average Bonchev–Trinajstić information content (AvgIpc) is 2.98. The fourth-order valence-corrected chi connectivity index (χ4v) is 2.99. The Morgan fingerprint density at radius 3 is 2.36 bits per heavy atom. The molecule has 0 aliphatic rings. The maximum atomic E-state index is 12.3. The first kappa shape index (κ1) is 19.3. The molecule has 0 aliphatic heterocycles. The van der Waals surface area contributed by atoms with Crippen molar-refractivity contribution in [2.45, 2.75) is 13.5 Å². The first-order chi connectivity index (χ1) is 13.5. The van der Waals surface area contributed by atoms with E-state index in [0.29, 0.717) is 29.5 Å². The molecule has 0 fully saturated rings. The smallest absolute Gasteiger partial charge is 0.319 e. The standard InChI is InChI=1S/C20H24N4O4/c1-12-22-15-8-13(6-7-16(15)24(12)2)11-21-20(25)23-14-9-17(26-3)19(28-5)18(10-14)27-4/h6-10H,11H2,1-5H3,(H2,21,23,25). The Morgan fingerprint density at radius 2 is 1.75 bits per heavy atom. The molecule has 0 aliphatic carbocycles. The summed E-state index contributed by atoms with van der Waals surface area (Å²) in [5, 5.41) is 5.62. The molecular weight excluding hydrogens is 360 g/mol. The van der Waals surface area contributed by atoms with E-state index in [1.807, 2.05) is 36.7 Å². The average molecular weight is 384 g/mol. The van der Waals surface area contributed by atoms with E-state index in [9.17, 15) is 4.79 Å². The van der Waals surface area contributed by atoms with Crippen LogP contribution in [-0.4, -0.2) is 36.9 Å². The van der Waals surface area contributed by atoms with Gasteiger partial charge in [-0.2, -0.15) is 0 Å². The maximum absolute atomic E-state index is 12.3. The molecule has 1 heterocycles. The lowest BCUT2D eigenvalue weighted by Gasteiger charge is -2.15. The van der Waals surface area contributed by atoms with Crippen molar-refractivity contribution < 1.29 is 19.0 Å². The number of aryl methyl sites for hydroxylation is 2. The van der Waals surface area contributed by atoms with Crippen molar-refractivity contribution in [1.82, 2.24) is 14.9 Å². The maximum Gasteiger partial charge on any atom is 0.319 e. The van der Waals surface area contributed by atoms with Gasteiger partial charge in [-0.05, 0) is 24.6 Å². The summed E-state index contributed by atoms with van der Waals surface area (Å²) in [6, 6.07) is 8.95. The Bertz CT molecular complexity index is 988. The van der Waals surface area contributed by atoms with Gasteiger partial charge in [-0.15, -0.1) is 0 Å². The Morgan fingerprint density at radius 1 is 1.07 bits per heavy atom. The van der Waals surface area contributed by atoms with Crippen LogP contribution in [-0.2, 0) is 13.6 Å². The minimum absolute atomic E-state index is 0.341. The molecule has 3 aromatic rings. The molecule has 8 nitrogen and oxygen atoms in total. The van der Waals surface area contributed by atoms with E-state index >= 15 is 0 Å². The number of carbonyl (C=O) groups excluding carboxylic acids is 1. The van der Waals surface area contributed by atoms with Gasteiger partial charge in [-0.25, -0.2) is 9.78 Å². The van der Waals surface area contributed by atoms with Crippen LogP contribution in [0.1, 0.15) is 11.4 Å². The number of anilines is 1. The Labute approximate surface area is 163 Å². The van der Waals surface area contributed by atoms with Crippen molar-refractivity contribution >= 4 is 22.8 Å². The van der Waals surface area contributed by atoms with E-state index < -0.39 is 0 Å². The van der Waals surface area contributed by atoms with Crippen molar-refractivity contribution in [2.24, 2.45) is 7.05 Å². The molecule has 28 heavy (non-hydrogen) atoms. The second-order valence-corrected chi connectivity index (χ2v) is 6.26. The fourth-order valence-electron chi connectivity index (χ4n) is 2.99. The molecule has 0 saturated heterocycles. The number of rotatable bonds is 6. The number of imidazole rings is 1. The first-order valence-corrected chi connectivity index (χ1v) is 8.73. The number of urea groups is 1. The predicted octanol–water partition coefficient (Wildman–Crippen LogP) is 3.23. The number of benzene rings is 2. The van der Waals surface area contributed by atoms with Crippen LogP contribution < -0.4 is 24.8 Å². The lowest BCUT2D eigenvalue weighted by Crippen LogP contribution is -2.28. The molecular formula is C20H24N4O4. The topological polar surface area (TPSA) is 86.6 Å². The largest absolute Gasteiger partial charge is 0.493 e. The highest BCUT2D eigenvalue weighted by Crippen LogP contribution is 2.39. The van der Waals surface area contributed by atoms with Crippen molar-refractivity contribution in [3.63, 3.8) is 0 Å². The highest BCUT2D eigenvalue weighted by atomic mass is 16.5. The highest BCUT2D eigenvalue weighted by molar-refractivity contribution is 5.90. The lowest BCUT2D eigenvalue weighted by molar-refractivity contribution is 0.251. The van der Waals surface area contributed by atoms with Crippen LogP contribution in [0, 0.1) is 6.92 Å². The lowest BCUT2D eigenvalue weighted by atomic mass is 10.2. The van der Waals surface area contributed by atoms with Gasteiger partial charge in [0, 0.05) is 25.7 Å². The molecule has 2 amide bonds. The molecule has 2 aromatic carbocycles. The third-order valence-electron chi connectivity index (χ3n) is 4.54. The second kappa shape index (κ2) is 8.08. The van der Waals surface area contributed by atoms with Gasteiger partial charge in [-0.3, -0.25) is 0 Å². The zero-order valence-electron chi connectivity index (χ0n) is 16.6. The van der Waals surface area contributed by atoms with Crippen molar-refractivity contribution in [3.05, 3.63) is 41.7 Å². The van der Waals surface area contributed by atoms with Gasteiger partial charge in [0.05, 0.1) is 38.1 Å². The summed E-state index contributed by atoms with van der Waals surface area (Å²) in [5.74, 6) is 2.34. The van der Waals surface area contributed by atoms with Crippen LogP contribution in [0.15, 0.2) is 30.3 Å². The number of nitrogens with zero attached hydrogens (tertiary/aromatic N) is 2. The molecule has 0 atom stereocenters. The quantitative estimate of drug-likeness (QED) is 0.681. The number of hydrogen-bond acceptors (Lipinski definition) is 5. The predicted molar refractivity (Wildman–Crippen MR) is 107 cm³/mol. The molecule has 0 spiro atoms. The van der Waals surface area contributed by atoms with Gasteiger partial charge >= 0.3 is 6.03 Å². The first-order valence-electron chi connectivity index (χ1n) is 8.73. The normalized spacial score (nSPS) is 10.6. The second-order valence-electron chi connectivity index (χ2n) is 6.26. The van der Waals surface area contributed by atoms with Gasteiger partial charge in [0.15, 0.2) is 11.5 Å². The van der Waals surface area contributed by atoms with Gasteiger partial charge < -0.3 is 29.4 Å². The summed E-state index contributed by atoms with van der Waals surface area (Å²) in [5.41, 5.74) is 3.46. The molecule has 8 heteroatoms. The van der Waals surface area contributed by atoms with Crippen molar-refractivity contribution in [3.8, 4) is 17.2 Å². The van der Waals surface area contributed by atoms with Gasteiger partial charge in [0.25, 0.3) is 0 Å². The zero-order chi connectivity index (χ0) is 20.3. The molecule has 1 aromatic heterocycles. The summed E-state index contributed by atoms with van der Waals surface area (Å²) >= 11 is 0. The summed E-state index contributed by atoms with van der Waals surface area (Å²) < 4.78 is 17.9. The number of methoxy groups -OCH3 is 3. The molecule has 0 radical (unpaired) electrons. The Balaban J connectivity index is 1.69. The minimum atomic E-state index is -0.341. The number of fused-ring (bicyclic) bond motifs is 1. The Hall–Kier alpha value is -3.42. The summed E-state index contributed by atoms with van der Waals surface area (Å²) in [6.07, 6.45) is 0. The zero-order valence-corrected chi connectivity index (χ0v) is 16.6. The van der Waals surface area contributed by atoms with Crippen LogP contribution in [0.4, 0.5) is 10.5 Å². The molecule has 2 N–H and O–H groups in total. The van der Waals surface area contributed by atoms with Crippen LogP contribution in [0.5, 0.6) is 17.2 Å². The van der Waals surface area contributed by atoms with Crippen LogP contribution in [0.2, 0.25) is 0 Å². The highest BCUT2D eigenvalue weighted by Gasteiger charge is 2.14. The van der Waals surface area contributed by atoms with Crippen LogP contribution in [0.3, 0.4) is 0 Å². The van der Waals surface area contributed by atoms with E-state index in [4.69, 9.17) is 14.2 Å².